The summed E-state index contributed by atoms with van der Waals surface area (Å²) in [7, 11) is 0. The second-order valence-electron chi connectivity index (χ2n) is 4.63. The van der Waals surface area contributed by atoms with Crippen molar-refractivity contribution in [3.05, 3.63) is 33.9 Å². The van der Waals surface area contributed by atoms with Gasteiger partial charge in [-0.25, -0.2) is 0 Å². The number of alkyl halides is 3. The molecule has 0 bridgehead atoms. The molecule has 1 rings (SSSR count). The lowest BCUT2D eigenvalue weighted by atomic mass is 10.1. The Hall–Kier alpha value is -2.12. The van der Waals surface area contributed by atoms with E-state index in [-0.39, 0.29) is 18.0 Å². The monoisotopic (exact) mass is 290 g/mol. The van der Waals surface area contributed by atoms with Crippen LogP contribution in [0, 0.1) is 16.0 Å². The Balaban J connectivity index is 3.08. The van der Waals surface area contributed by atoms with E-state index in [4.69, 9.17) is 0 Å². The van der Waals surface area contributed by atoms with Gasteiger partial charge in [0.05, 0.1) is 4.92 Å². The molecule has 110 valence electrons. The van der Waals surface area contributed by atoms with Crippen molar-refractivity contribution in [1.29, 1.82) is 0 Å². The lowest BCUT2D eigenvalue weighted by molar-refractivity contribution is -0.388. The van der Waals surface area contributed by atoms with E-state index in [2.05, 4.69) is 5.32 Å². The molecular formula is C12H13F3N2O3. The summed E-state index contributed by atoms with van der Waals surface area (Å²) in [6.07, 6.45) is -4.71. The molecule has 0 atom stereocenters. The van der Waals surface area contributed by atoms with Gasteiger partial charge in [-0.2, -0.15) is 13.2 Å². The SMILES string of the molecule is CC(C)CC(=O)Nc1ccc([N+](=O)[O-])c(C(F)(F)F)c1. The van der Waals surface area contributed by atoms with E-state index in [0.29, 0.717) is 6.07 Å². The lowest BCUT2D eigenvalue weighted by Crippen LogP contribution is -2.15. The van der Waals surface area contributed by atoms with Crippen molar-refractivity contribution >= 4 is 17.3 Å². The van der Waals surface area contributed by atoms with E-state index in [1.165, 1.54) is 0 Å². The summed E-state index contributed by atoms with van der Waals surface area (Å²) in [5, 5.41) is 12.9. The number of nitro benzene ring substituents is 1. The first kappa shape index (κ1) is 15.9. The number of carbonyl (C=O) groups excluding carboxylic acids is 1. The Bertz CT molecular complexity index is 527. The molecule has 8 heteroatoms. The smallest absolute Gasteiger partial charge is 0.326 e. The minimum Gasteiger partial charge on any atom is -0.326 e. The first-order chi connectivity index (χ1) is 9.11. The van der Waals surface area contributed by atoms with Gasteiger partial charge in [-0.1, -0.05) is 13.8 Å². The first-order valence-corrected chi connectivity index (χ1v) is 5.76. The van der Waals surface area contributed by atoms with Crippen LogP contribution in [0.3, 0.4) is 0 Å². The highest BCUT2D eigenvalue weighted by Crippen LogP contribution is 2.37. The third kappa shape index (κ3) is 4.22. The number of halogens is 3. The highest BCUT2D eigenvalue weighted by atomic mass is 19.4. The minimum absolute atomic E-state index is 0.0511. The number of anilines is 1. The molecule has 1 aromatic carbocycles. The summed E-state index contributed by atoms with van der Waals surface area (Å²) in [5.74, 6) is -0.392. The maximum Gasteiger partial charge on any atom is 0.423 e. The second kappa shape index (κ2) is 5.89. The number of carbonyl (C=O) groups is 1. The van der Waals surface area contributed by atoms with Crippen LogP contribution in [0.25, 0.3) is 0 Å². The van der Waals surface area contributed by atoms with E-state index >= 15 is 0 Å². The molecule has 0 aliphatic carbocycles. The van der Waals surface area contributed by atoms with E-state index < -0.39 is 28.3 Å². The van der Waals surface area contributed by atoms with Crippen molar-refractivity contribution in [3.8, 4) is 0 Å². The van der Waals surface area contributed by atoms with Crippen LogP contribution in [0.15, 0.2) is 18.2 Å². The topological polar surface area (TPSA) is 72.2 Å². The molecule has 1 amide bonds. The molecule has 0 aromatic heterocycles. The van der Waals surface area contributed by atoms with E-state index in [9.17, 15) is 28.1 Å². The van der Waals surface area contributed by atoms with Gasteiger partial charge < -0.3 is 5.32 Å². The van der Waals surface area contributed by atoms with E-state index in [1.807, 2.05) is 0 Å². The fourth-order valence-corrected chi connectivity index (χ4v) is 1.58. The molecule has 0 saturated heterocycles. The van der Waals surface area contributed by atoms with Crippen LogP contribution in [-0.2, 0) is 11.0 Å². The maximum absolute atomic E-state index is 12.7. The maximum atomic E-state index is 12.7. The van der Waals surface area contributed by atoms with Gasteiger partial charge in [-0.3, -0.25) is 14.9 Å². The number of nitrogens with zero attached hydrogens (tertiary/aromatic N) is 1. The highest BCUT2D eigenvalue weighted by Gasteiger charge is 2.38. The molecule has 20 heavy (non-hydrogen) atoms. The predicted octanol–water partition coefficient (Wildman–Crippen LogP) is 3.60. The summed E-state index contributed by atoms with van der Waals surface area (Å²) < 4.78 is 38.2. The van der Waals surface area contributed by atoms with Gasteiger partial charge in [0.2, 0.25) is 5.91 Å². The molecule has 0 spiro atoms. The van der Waals surface area contributed by atoms with Crippen LogP contribution in [-0.4, -0.2) is 10.8 Å². The third-order valence-corrected chi connectivity index (χ3v) is 2.38. The third-order valence-electron chi connectivity index (χ3n) is 2.38. The summed E-state index contributed by atoms with van der Waals surface area (Å²) in [5.41, 5.74) is -2.54. The normalized spacial score (nSPS) is 11.5. The Labute approximate surface area is 112 Å². The van der Waals surface area contributed by atoms with Crippen molar-refractivity contribution in [3.63, 3.8) is 0 Å². The van der Waals surface area contributed by atoms with Gasteiger partial charge >= 0.3 is 6.18 Å². The van der Waals surface area contributed by atoms with Gasteiger partial charge in [0.25, 0.3) is 5.69 Å². The highest BCUT2D eigenvalue weighted by molar-refractivity contribution is 5.91. The first-order valence-electron chi connectivity index (χ1n) is 5.76. The molecular weight excluding hydrogens is 277 g/mol. The number of nitrogens with one attached hydrogen (secondary N) is 1. The van der Waals surface area contributed by atoms with Gasteiger partial charge in [-0.15, -0.1) is 0 Å². The zero-order chi connectivity index (χ0) is 15.5. The van der Waals surface area contributed by atoms with Crippen LogP contribution in [0.5, 0.6) is 0 Å². The van der Waals surface area contributed by atoms with Crippen LogP contribution in [0.1, 0.15) is 25.8 Å². The molecule has 0 aliphatic rings. The van der Waals surface area contributed by atoms with Crippen LogP contribution < -0.4 is 5.32 Å². The molecule has 0 saturated carbocycles. The Morgan fingerprint density at radius 3 is 2.45 bits per heavy atom. The number of amides is 1. The van der Waals surface area contributed by atoms with Crippen molar-refractivity contribution in [2.75, 3.05) is 5.32 Å². The summed E-state index contributed by atoms with van der Waals surface area (Å²) in [4.78, 5) is 20.9. The number of hydrogen-bond acceptors (Lipinski definition) is 3. The zero-order valence-electron chi connectivity index (χ0n) is 10.8. The molecule has 0 unspecified atom stereocenters. The second-order valence-corrected chi connectivity index (χ2v) is 4.63. The summed E-state index contributed by atoms with van der Waals surface area (Å²) in [6, 6.07) is 2.37. The quantitative estimate of drug-likeness (QED) is 0.680. The van der Waals surface area contributed by atoms with Crippen molar-refractivity contribution < 1.29 is 22.9 Å². The molecule has 1 aromatic rings. The summed E-state index contributed by atoms with van der Waals surface area (Å²) in [6.45, 7) is 3.58. The van der Waals surface area contributed by atoms with Gasteiger partial charge in [-0.05, 0) is 18.1 Å². The fraction of sp³-hybridized carbons (Fsp3) is 0.417. The zero-order valence-corrected chi connectivity index (χ0v) is 10.8. The largest absolute Gasteiger partial charge is 0.423 e. The number of hydrogen-bond donors (Lipinski definition) is 1. The standard InChI is InChI=1S/C12H13F3N2O3/c1-7(2)5-11(18)16-8-3-4-10(17(19)20)9(6-8)12(13,14)15/h3-4,6-7H,5H2,1-2H3,(H,16,18). The van der Waals surface area contributed by atoms with Crippen LogP contribution in [0.4, 0.5) is 24.5 Å². The predicted molar refractivity (Wildman–Crippen MR) is 66.2 cm³/mol. The molecule has 0 heterocycles. The Morgan fingerprint density at radius 2 is 2.00 bits per heavy atom. The average Bonchev–Trinajstić information content (AvgIpc) is 2.25. The summed E-state index contributed by atoms with van der Waals surface area (Å²) >= 11 is 0. The Morgan fingerprint density at radius 1 is 1.40 bits per heavy atom. The van der Waals surface area contributed by atoms with Gasteiger partial charge in [0, 0.05) is 18.2 Å². The van der Waals surface area contributed by atoms with E-state index in [1.54, 1.807) is 13.8 Å². The number of benzene rings is 1. The average molecular weight is 290 g/mol. The number of nitro groups is 1. The Kier molecular flexibility index (Phi) is 4.69. The molecule has 0 aliphatic heterocycles. The number of rotatable bonds is 4. The minimum atomic E-state index is -4.86. The molecule has 5 nitrogen and oxygen atoms in total. The lowest BCUT2D eigenvalue weighted by Gasteiger charge is -2.11. The van der Waals surface area contributed by atoms with Gasteiger partial charge in [0.15, 0.2) is 0 Å². The fourth-order valence-electron chi connectivity index (χ4n) is 1.58. The molecule has 0 radical (unpaired) electrons. The van der Waals surface area contributed by atoms with Crippen molar-refractivity contribution in [2.45, 2.75) is 26.4 Å². The molecule has 0 fully saturated rings. The van der Waals surface area contributed by atoms with Gasteiger partial charge in [0.1, 0.15) is 5.56 Å². The molecule has 1 N–H and O–H groups in total. The van der Waals surface area contributed by atoms with Crippen molar-refractivity contribution in [2.24, 2.45) is 5.92 Å². The van der Waals surface area contributed by atoms with Crippen LogP contribution >= 0.6 is 0 Å². The van der Waals surface area contributed by atoms with Crippen LogP contribution in [0.2, 0.25) is 0 Å². The van der Waals surface area contributed by atoms with Crippen molar-refractivity contribution in [1.82, 2.24) is 0 Å². The van der Waals surface area contributed by atoms with E-state index in [0.717, 1.165) is 12.1 Å².